The molecule has 1 heterocycles. The molecule has 2 aromatic rings. The molecule has 1 aromatic heterocycles. The summed E-state index contributed by atoms with van der Waals surface area (Å²) in [5.74, 6) is -0.307. The lowest BCUT2D eigenvalue weighted by Gasteiger charge is -2.04. The Morgan fingerprint density at radius 2 is 2.14 bits per heavy atom. The number of aromatic amines is 1. The number of amides is 1. The lowest BCUT2D eigenvalue weighted by Crippen LogP contribution is -2.21. The summed E-state index contributed by atoms with van der Waals surface area (Å²) in [7, 11) is 0. The summed E-state index contributed by atoms with van der Waals surface area (Å²) in [6.07, 6.45) is 2.88. The van der Waals surface area contributed by atoms with Gasteiger partial charge in [0.1, 0.15) is 0 Å². The normalized spacial score (nSPS) is 14.0. The van der Waals surface area contributed by atoms with Crippen LogP contribution in [0.3, 0.4) is 0 Å². The zero-order valence-corrected chi connectivity index (χ0v) is 13.4. The summed E-state index contributed by atoms with van der Waals surface area (Å²) < 4.78 is 0. The smallest absolute Gasteiger partial charge is 0.281 e. The van der Waals surface area contributed by atoms with Crippen LogP contribution in [0.25, 0.3) is 0 Å². The van der Waals surface area contributed by atoms with Crippen molar-refractivity contribution < 1.29 is 4.79 Å². The molecular weight excluding hydrogens is 323 g/mol. The van der Waals surface area contributed by atoms with E-state index in [0.29, 0.717) is 21.5 Å². The maximum atomic E-state index is 12.2. The second-order valence-corrected chi connectivity index (χ2v) is 5.96. The number of H-pyrrole nitrogens is 1. The molecule has 0 saturated heterocycles. The molecule has 0 bridgehead atoms. The molecule has 1 aliphatic carbocycles. The summed E-state index contributed by atoms with van der Waals surface area (Å²) in [5.41, 5.74) is 6.45. The van der Waals surface area contributed by atoms with Gasteiger partial charge in [-0.05, 0) is 43.9 Å². The van der Waals surface area contributed by atoms with Crippen LogP contribution in [0.5, 0.6) is 0 Å². The highest BCUT2D eigenvalue weighted by Crippen LogP contribution is 2.23. The highest BCUT2D eigenvalue weighted by molar-refractivity contribution is 6.42. The number of hydrogen-bond acceptors (Lipinski definition) is 3. The van der Waals surface area contributed by atoms with Crippen LogP contribution in [0.4, 0.5) is 0 Å². The molecule has 22 heavy (non-hydrogen) atoms. The quantitative estimate of drug-likeness (QED) is 0.666. The van der Waals surface area contributed by atoms with E-state index in [9.17, 15) is 4.79 Å². The number of aromatic nitrogens is 2. The molecule has 5 nitrogen and oxygen atoms in total. The van der Waals surface area contributed by atoms with Crippen LogP contribution in [-0.4, -0.2) is 21.8 Å². The predicted octanol–water partition coefficient (Wildman–Crippen LogP) is 3.36. The van der Waals surface area contributed by atoms with Gasteiger partial charge in [0.15, 0.2) is 5.69 Å². The Morgan fingerprint density at radius 3 is 2.91 bits per heavy atom. The van der Waals surface area contributed by atoms with Gasteiger partial charge in [0.05, 0.1) is 15.8 Å². The molecule has 0 radical (unpaired) electrons. The Balaban J connectivity index is 1.75. The highest BCUT2D eigenvalue weighted by atomic mass is 35.5. The fourth-order valence-corrected chi connectivity index (χ4v) is 2.78. The van der Waals surface area contributed by atoms with Gasteiger partial charge >= 0.3 is 0 Å². The van der Waals surface area contributed by atoms with Gasteiger partial charge in [-0.3, -0.25) is 9.89 Å². The molecule has 1 aromatic carbocycles. The molecule has 0 unspecified atom stereocenters. The molecule has 1 amide bonds. The van der Waals surface area contributed by atoms with E-state index in [2.05, 4.69) is 20.7 Å². The van der Waals surface area contributed by atoms with Crippen molar-refractivity contribution in [2.45, 2.75) is 26.2 Å². The molecule has 3 rings (SSSR count). The van der Waals surface area contributed by atoms with Gasteiger partial charge in [0, 0.05) is 11.3 Å². The van der Waals surface area contributed by atoms with E-state index in [4.69, 9.17) is 23.2 Å². The number of nitrogens with one attached hydrogen (secondary N) is 2. The number of aryl methyl sites for hydroxylation is 1. The largest absolute Gasteiger partial charge is 0.292 e. The third-order valence-corrected chi connectivity index (χ3v) is 4.42. The number of carbonyl (C=O) groups excluding carboxylic acids is 1. The van der Waals surface area contributed by atoms with Gasteiger partial charge in [-0.25, -0.2) is 5.43 Å². The zero-order valence-electron chi connectivity index (χ0n) is 11.9. The van der Waals surface area contributed by atoms with Crippen molar-refractivity contribution in [1.29, 1.82) is 0 Å². The van der Waals surface area contributed by atoms with Crippen LogP contribution >= 0.6 is 23.2 Å². The van der Waals surface area contributed by atoms with Gasteiger partial charge in [0.2, 0.25) is 0 Å². The number of hydrazone groups is 1. The first-order valence-electron chi connectivity index (χ1n) is 6.92. The standard InChI is InChI=1S/C15H14Cl2N4O/c1-8(9-5-6-11(16)12(17)7-9)18-21-15(22)14-10-3-2-4-13(10)19-20-14/h5-7H,2-4H2,1H3,(H,19,20)(H,21,22). The number of fused-ring (bicyclic) bond motifs is 1. The molecular formula is C15H14Cl2N4O. The molecule has 0 fully saturated rings. The van der Waals surface area contributed by atoms with Gasteiger partial charge in [-0.1, -0.05) is 29.3 Å². The summed E-state index contributed by atoms with van der Waals surface area (Å²) in [6.45, 7) is 1.79. The minimum absolute atomic E-state index is 0.307. The van der Waals surface area contributed by atoms with E-state index >= 15 is 0 Å². The number of nitrogens with zero attached hydrogens (tertiary/aromatic N) is 2. The van der Waals surface area contributed by atoms with E-state index in [1.54, 1.807) is 25.1 Å². The molecule has 0 spiro atoms. The van der Waals surface area contributed by atoms with Gasteiger partial charge in [-0.2, -0.15) is 10.2 Å². The predicted molar refractivity (Wildman–Crippen MR) is 86.8 cm³/mol. The maximum Gasteiger partial charge on any atom is 0.292 e. The van der Waals surface area contributed by atoms with E-state index in [1.165, 1.54) is 0 Å². The second kappa shape index (κ2) is 6.10. The lowest BCUT2D eigenvalue weighted by atomic mass is 10.1. The lowest BCUT2D eigenvalue weighted by molar-refractivity contribution is 0.0949. The minimum atomic E-state index is -0.307. The van der Waals surface area contributed by atoms with Gasteiger partial charge in [0.25, 0.3) is 5.91 Å². The number of benzene rings is 1. The van der Waals surface area contributed by atoms with Gasteiger partial charge < -0.3 is 0 Å². The van der Waals surface area contributed by atoms with Crippen molar-refractivity contribution >= 4 is 34.8 Å². The van der Waals surface area contributed by atoms with Crippen molar-refractivity contribution in [3.05, 3.63) is 50.8 Å². The number of rotatable bonds is 3. The van der Waals surface area contributed by atoms with E-state index in [0.717, 1.165) is 36.1 Å². The Morgan fingerprint density at radius 1 is 1.32 bits per heavy atom. The summed E-state index contributed by atoms with van der Waals surface area (Å²) in [6, 6.07) is 5.20. The summed E-state index contributed by atoms with van der Waals surface area (Å²) in [5, 5.41) is 12.0. The first-order valence-corrected chi connectivity index (χ1v) is 7.68. The Labute approximate surface area is 137 Å². The van der Waals surface area contributed by atoms with E-state index in [1.807, 2.05) is 0 Å². The molecule has 114 valence electrons. The first-order chi connectivity index (χ1) is 10.6. The topological polar surface area (TPSA) is 70.1 Å². The van der Waals surface area contributed by atoms with Crippen LogP contribution in [0.15, 0.2) is 23.3 Å². The molecule has 2 N–H and O–H groups in total. The molecule has 0 saturated carbocycles. The summed E-state index contributed by atoms with van der Waals surface area (Å²) in [4.78, 5) is 12.2. The zero-order chi connectivity index (χ0) is 15.7. The monoisotopic (exact) mass is 336 g/mol. The number of carbonyl (C=O) groups is 1. The summed E-state index contributed by atoms with van der Waals surface area (Å²) >= 11 is 11.9. The second-order valence-electron chi connectivity index (χ2n) is 5.15. The van der Waals surface area contributed by atoms with Crippen LogP contribution in [0.2, 0.25) is 10.0 Å². The van der Waals surface area contributed by atoms with Crippen molar-refractivity contribution in [1.82, 2.24) is 15.6 Å². The highest BCUT2D eigenvalue weighted by Gasteiger charge is 2.22. The SMILES string of the molecule is CC(=NNC(=O)c1n[nH]c2c1CCC2)c1ccc(Cl)c(Cl)c1. The third-order valence-electron chi connectivity index (χ3n) is 3.68. The van der Waals surface area contributed by atoms with Crippen LogP contribution < -0.4 is 5.43 Å². The van der Waals surface area contributed by atoms with Crippen molar-refractivity contribution in [2.75, 3.05) is 0 Å². The average Bonchev–Trinajstić information content (AvgIpc) is 3.10. The van der Waals surface area contributed by atoms with Crippen LogP contribution in [-0.2, 0) is 12.8 Å². The third kappa shape index (κ3) is 2.87. The van der Waals surface area contributed by atoms with Crippen molar-refractivity contribution in [3.63, 3.8) is 0 Å². The molecule has 7 heteroatoms. The Hall–Kier alpha value is -1.85. The molecule has 1 aliphatic rings. The first kappa shape index (κ1) is 15.1. The fourth-order valence-electron chi connectivity index (χ4n) is 2.48. The fraction of sp³-hybridized carbons (Fsp3) is 0.267. The molecule has 0 atom stereocenters. The number of halogens is 2. The minimum Gasteiger partial charge on any atom is -0.281 e. The number of hydrogen-bond donors (Lipinski definition) is 2. The Bertz CT molecular complexity index is 767. The molecule has 0 aliphatic heterocycles. The average molecular weight is 337 g/mol. The van der Waals surface area contributed by atoms with Crippen molar-refractivity contribution in [2.24, 2.45) is 5.10 Å². The van der Waals surface area contributed by atoms with Crippen LogP contribution in [0.1, 0.15) is 40.7 Å². The van der Waals surface area contributed by atoms with Crippen LogP contribution in [0, 0.1) is 0 Å². The Kier molecular flexibility index (Phi) is 4.18. The van der Waals surface area contributed by atoms with E-state index in [-0.39, 0.29) is 5.91 Å². The van der Waals surface area contributed by atoms with E-state index < -0.39 is 0 Å². The van der Waals surface area contributed by atoms with Crippen molar-refractivity contribution in [3.8, 4) is 0 Å². The van der Waals surface area contributed by atoms with Gasteiger partial charge in [-0.15, -0.1) is 0 Å². The maximum absolute atomic E-state index is 12.2.